The van der Waals surface area contributed by atoms with Gasteiger partial charge in [-0.1, -0.05) is 13.0 Å². The van der Waals surface area contributed by atoms with E-state index in [4.69, 9.17) is 14.6 Å². The SMILES string of the molecule is CCCc1nc(C)c2c(=O)[nH]c(-c3cc(CN(C)CC(=O)N(C)CCOC)ccc3OCC)nn12. The molecule has 2 aromatic heterocycles. The maximum Gasteiger partial charge on any atom is 0.277 e. The zero-order valence-electron chi connectivity index (χ0n) is 21.6. The van der Waals surface area contributed by atoms with E-state index < -0.39 is 0 Å². The number of hydrogen-bond acceptors (Lipinski definition) is 7. The molecule has 0 radical (unpaired) electrons. The van der Waals surface area contributed by atoms with Crippen LogP contribution in [-0.2, 0) is 22.5 Å². The van der Waals surface area contributed by atoms with Gasteiger partial charge in [-0.25, -0.2) is 9.50 Å². The number of nitrogens with one attached hydrogen (secondary N) is 1. The summed E-state index contributed by atoms with van der Waals surface area (Å²) >= 11 is 0. The Kier molecular flexibility index (Phi) is 9.00. The molecule has 0 fully saturated rings. The first kappa shape index (κ1) is 26.4. The van der Waals surface area contributed by atoms with Gasteiger partial charge in [0.15, 0.2) is 11.3 Å². The third kappa shape index (κ3) is 6.26. The molecule has 0 bridgehead atoms. The summed E-state index contributed by atoms with van der Waals surface area (Å²) in [6, 6.07) is 5.80. The minimum absolute atomic E-state index is 0.0195. The van der Waals surface area contributed by atoms with Crippen LogP contribution in [-0.4, -0.2) is 82.8 Å². The van der Waals surface area contributed by atoms with Crippen molar-refractivity contribution < 1.29 is 14.3 Å². The van der Waals surface area contributed by atoms with Crippen LogP contribution < -0.4 is 10.3 Å². The number of aryl methyl sites for hydroxylation is 2. The summed E-state index contributed by atoms with van der Waals surface area (Å²) < 4.78 is 12.5. The van der Waals surface area contributed by atoms with Crippen LogP contribution in [0.3, 0.4) is 0 Å². The number of carbonyl (C=O) groups excluding carboxylic acids is 1. The van der Waals surface area contributed by atoms with E-state index in [1.54, 1.807) is 23.6 Å². The van der Waals surface area contributed by atoms with Crippen molar-refractivity contribution in [3.8, 4) is 17.1 Å². The highest BCUT2D eigenvalue weighted by Gasteiger charge is 2.18. The van der Waals surface area contributed by atoms with E-state index in [0.29, 0.717) is 54.7 Å². The van der Waals surface area contributed by atoms with Crippen molar-refractivity contribution in [1.82, 2.24) is 29.4 Å². The Bertz CT molecular complexity index is 1220. The molecule has 0 atom stereocenters. The lowest BCUT2D eigenvalue weighted by Crippen LogP contribution is -2.37. The molecule has 0 aliphatic carbocycles. The van der Waals surface area contributed by atoms with Gasteiger partial charge in [-0.15, -0.1) is 5.10 Å². The maximum atomic E-state index is 12.9. The summed E-state index contributed by atoms with van der Waals surface area (Å²) in [5, 5.41) is 4.74. The van der Waals surface area contributed by atoms with Crippen molar-refractivity contribution in [3.63, 3.8) is 0 Å². The molecule has 1 N–H and O–H groups in total. The van der Waals surface area contributed by atoms with Gasteiger partial charge in [-0.3, -0.25) is 14.5 Å². The number of imidazole rings is 1. The molecule has 0 saturated carbocycles. The normalized spacial score (nSPS) is 11.4. The van der Waals surface area contributed by atoms with Crippen LogP contribution in [0.1, 0.15) is 37.4 Å². The molecule has 1 aromatic carbocycles. The Morgan fingerprint density at radius 1 is 1.23 bits per heavy atom. The molecule has 0 aliphatic heterocycles. The molecular weight excluding hydrogens is 448 g/mol. The van der Waals surface area contributed by atoms with Crippen LogP contribution in [0.2, 0.25) is 0 Å². The molecule has 10 nitrogen and oxygen atoms in total. The monoisotopic (exact) mass is 484 g/mol. The second-order valence-corrected chi connectivity index (χ2v) is 8.67. The van der Waals surface area contributed by atoms with E-state index in [-0.39, 0.29) is 18.0 Å². The van der Waals surface area contributed by atoms with Crippen molar-refractivity contribution in [2.45, 2.75) is 40.2 Å². The largest absolute Gasteiger partial charge is 0.493 e. The van der Waals surface area contributed by atoms with E-state index in [1.807, 2.05) is 44.0 Å². The van der Waals surface area contributed by atoms with Crippen LogP contribution in [0.15, 0.2) is 23.0 Å². The summed E-state index contributed by atoms with van der Waals surface area (Å²) in [6.45, 7) is 8.14. The average molecular weight is 485 g/mol. The third-order valence-electron chi connectivity index (χ3n) is 5.73. The number of hydrogen-bond donors (Lipinski definition) is 1. The van der Waals surface area contributed by atoms with Gasteiger partial charge < -0.3 is 19.4 Å². The van der Waals surface area contributed by atoms with Gasteiger partial charge in [0, 0.05) is 33.7 Å². The molecule has 0 unspecified atom stereocenters. The number of aromatic amines is 1. The molecule has 0 aliphatic rings. The van der Waals surface area contributed by atoms with Crippen molar-refractivity contribution in [1.29, 1.82) is 0 Å². The van der Waals surface area contributed by atoms with Crippen LogP contribution in [0, 0.1) is 6.92 Å². The van der Waals surface area contributed by atoms with Gasteiger partial charge in [-0.05, 0) is 45.0 Å². The number of benzene rings is 1. The van der Waals surface area contributed by atoms with Gasteiger partial charge in [0.05, 0.1) is 31.0 Å². The highest BCUT2D eigenvalue weighted by atomic mass is 16.5. The molecule has 10 heteroatoms. The van der Waals surface area contributed by atoms with E-state index in [9.17, 15) is 9.59 Å². The van der Waals surface area contributed by atoms with Gasteiger partial charge >= 0.3 is 0 Å². The number of amides is 1. The highest BCUT2D eigenvalue weighted by molar-refractivity contribution is 5.78. The van der Waals surface area contributed by atoms with Crippen molar-refractivity contribution >= 4 is 11.4 Å². The molecule has 35 heavy (non-hydrogen) atoms. The van der Waals surface area contributed by atoms with E-state index in [1.165, 1.54) is 0 Å². The number of aromatic nitrogens is 4. The lowest BCUT2D eigenvalue weighted by Gasteiger charge is -2.22. The number of likely N-dealkylation sites (N-methyl/N-ethyl adjacent to an activating group) is 2. The zero-order chi connectivity index (χ0) is 25.5. The number of methoxy groups -OCH3 is 1. The number of carbonyl (C=O) groups is 1. The topological polar surface area (TPSA) is 105 Å². The summed E-state index contributed by atoms with van der Waals surface area (Å²) in [5.41, 5.74) is 2.54. The Morgan fingerprint density at radius 2 is 2.00 bits per heavy atom. The van der Waals surface area contributed by atoms with E-state index in [2.05, 4.69) is 16.9 Å². The molecule has 3 aromatic rings. The number of H-pyrrole nitrogens is 1. The molecular formula is C25H36N6O4. The third-order valence-corrected chi connectivity index (χ3v) is 5.73. The summed E-state index contributed by atoms with van der Waals surface area (Å²) in [5.74, 6) is 1.83. The van der Waals surface area contributed by atoms with Gasteiger partial charge in [-0.2, -0.15) is 0 Å². The second-order valence-electron chi connectivity index (χ2n) is 8.67. The smallest absolute Gasteiger partial charge is 0.277 e. The standard InChI is InChI=1S/C25H36N6O4/c1-7-9-21-26-17(3)23-25(33)27-24(28-31(21)23)19-14-18(10-11-20(19)35-8-2)15-29(4)16-22(32)30(5)12-13-34-6/h10-11,14H,7-9,12-13,15-16H2,1-6H3,(H,27,28,33). The molecule has 0 saturated heterocycles. The lowest BCUT2D eigenvalue weighted by atomic mass is 10.1. The van der Waals surface area contributed by atoms with Crippen LogP contribution >= 0.6 is 0 Å². The predicted octanol–water partition coefficient (Wildman–Crippen LogP) is 2.28. The fourth-order valence-electron chi connectivity index (χ4n) is 3.96. The fourth-order valence-corrected chi connectivity index (χ4v) is 3.96. The number of fused-ring (bicyclic) bond motifs is 1. The lowest BCUT2D eigenvalue weighted by molar-refractivity contribution is -0.131. The molecule has 1 amide bonds. The second kappa shape index (κ2) is 11.9. The Labute approximate surface area is 205 Å². The molecule has 2 heterocycles. The molecule has 3 rings (SSSR count). The zero-order valence-corrected chi connectivity index (χ0v) is 21.6. The summed E-state index contributed by atoms with van der Waals surface area (Å²) in [4.78, 5) is 36.5. The summed E-state index contributed by atoms with van der Waals surface area (Å²) in [7, 11) is 5.29. The minimum Gasteiger partial charge on any atom is -0.493 e. The van der Waals surface area contributed by atoms with Crippen LogP contribution in [0.5, 0.6) is 5.75 Å². The Hall–Kier alpha value is -3.24. The Balaban J connectivity index is 1.92. The van der Waals surface area contributed by atoms with Crippen LogP contribution in [0.25, 0.3) is 16.9 Å². The highest BCUT2D eigenvalue weighted by Crippen LogP contribution is 2.29. The van der Waals surface area contributed by atoms with Gasteiger partial charge in [0.1, 0.15) is 11.6 Å². The number of rotatable bonds is 12. The fraction of sp³-hybridized carbons (Fsp3) is 0.520. The van der Waals surface area contributed by atoms with Crippen molar-refractivity contribution in [3.05, 3.63) is 45.6 Å². The minimum atomic E-state index is -0.239. The first-order valence-corrected chi connectivity index (χ1v) is 11.9. The van der Waals surface area contributed by atoms with Crippen molar-refractivity contribution in [2.75, 3.05) is 47.5 Å². The maximum absolute atomic E-state index is 12.9. The van der Waals surface area contributed by atoms with E-state index in [0.717, 1.165) is 24.2 Å². The van der Waals surface area contributed by atoms with Crippen LogP contribution in [0.4, 0.5) is 0 Å². The van der Waals surface area contributed by atoms with Gasteiger partial charge in [0.2, 0.25) is 5.91 Å². The quantitative estimate of drug-likeness (QED) is 0.420. The number of nitrogens with zero attached hydrogens (tertiary/aromatic N) is 5. The van der Waals surface area contributed by atoms with Gasteiger partial charge in [0.25, 0.3) is 5.56 Å². The number of ether oxygens (including phenoxy) is 2. The Morgan fingerprint density at radius 3 is 2.69 bits per heavy atom. The first-order valence-electron chi connectivity index (χ1n) is 11.9. The first-order chi connectivity index (χ1) is 16.8. The average Bonchev–Trinajstić information content (AvgIpc) is 3.14. The molecule has 0 spiro atoms. The predicted molar refractivity (Wildman–Crippen MR) is 135 cm³/mol. The molecule has 190 valence electrons. The summed E-state index contributed by atoms with van der Waals surface area (Å²) in [6.07, 6.45) is 1.62. The van der Waals surface area contributed by atoms with Crippen molar-refractivity contribution in [2.24, 2.45) is 0 Å². The van der Waals surface area contributed by atoms with E-state index >= 15 is 0 Å².